The molecule has 0 radical (unpaired) electrons. The molecule has 1 amide bonds. The van der Waals surface area contributed by atoms with Crippen molar-refractivity contribution in [3.8, 4) is 0 Å². The molecule has 0 spiro atoms. The van der Waals surface area contributed by atoms with Gasteiger partial charge < -0.3 is 15.3 Å². The number of hydrogen-bond acceptors (Lipinski definition) is 5. The average Bonchev–Trinajstić information content (AvgIpc) is 2.47. The van der Waals surface area contributed by atoms with E-state index in [0.29, 0.717) is 10.6 Å². The first-order valence-electron chi connectivity index (χ1n) is 5.95. The highest BCUT2D eigenvalue weighted by atomic mass is 79.9. The van der Waals surface area contributed by atoms with Crippen LogP contribution in [0.1, 0.15) is 0 Å². The Hall–Kier alpha value is -1.66. The molecule has 1 aromatic carbocycles. The third-order valence-corrected chi connectivity index (χ3v) is 4.40. The van der Waals surface area contributed by atoms with Gasteiger partial charge in [-0.1, -0.05) is 17.7 Å². The second kappa shape index (κ2) is 6.62. The molecule has 0 aliphatic carbocycles. The summed E-state index contributed by atoms with van der Waals surface area (Å²) in [4.78, 5) is 25.4. The first-order valence-corrected chi connectivity index (χ1v) is 7.56. The summed E-state index contributed by atoms with van der Waals surface area (Å²) in [7, 11) is 1.56. The van der Waals surface area contributed by atoms with Gasteiger partial charge in [0.2, 0.25) is 0 Å². The zero-order chi connectivity index (χ0) is 16.4. The molecule has 0 atom stereocenters. The summed E-state index contributed by atoms with van der Waals surface area (Å²) < 4.78 is 0.271. The van der Waals surface area contributed by atoms with Crippen LogP contribution in [0, 0.1) is 0 Å². The molecule has 0 bridgehead atoms. The van der Waals surface area contributed by atoms with Crippen LogP contribution in [0.15, 0.2) is 50.8 Å². The topological polar surface area (TPSA) is 69.6 Å². The number of thiol groups is 1. The molecule has 0 saturated carbocycles. The molecular formula is C14H10BrClN2O3S. The Labute approximate surface area is 145 Å². The number of anilines is 1. The number of hydrogen-bond donors (Lipinski definition) is 3. The van der Waals surface area contributed by atoms with Crippen LogP contribution < -0.4 is 5.32 Å². The SMILES string of the molecule is CN1C=C(Br)C(O)=C(C(=O)Nc2cccc(S)c2Cl)C1=C=O. The first-order chi connectivity index (χ1) is 10.4. The highest BCUT2D eigenvalue weighted by molar-refractivity contribution is 9.11. The lowest BCUT2D eigenvalue weighted by Gasteiger charge is -2.23. The Morgan fingerprint density at radius 3 is 2.82 bits per heavy atom. The number of likely N-dealkylation sites (N-methyl/N-ethyl adjacent to an activating group) is 1. The quantitative estimate of drug-likeness (QED) is 0.525. The van der Waals surface area contributed by atoms with Crippen molar-refractivity contribution in [1.82, 2.24) is 4.90 Å². The molecule has 1 aromatic rings. The number of halogens is 2. The number of aliphatic hydroxyl groups excluding tert-OH is 1. The summed E-state index contributed by atoms with van der Waals surface area (Å²) in [6, 6.07) is 4.92. The van der Waals surface area contributed by atoms with Gasteiger partial charge in [-0.25, -0.2) is 4.79 Å². The van der Waals surface area contributed by atoms with Crippen LogP contribution in [0.5, 0.6) is 0 Å². The second-order valence-corrected chi connectivity index (χ2v) is 6.07. The number of aliphatic hydroxyl groups is 1. The maximum Gasteiger partial charge on any atom is 0.262 e. The van der Waals surface area contributed by atoms with E-state index in [1.807, 2.05) is 0 Å². The van der Waals surface area contributed by atoms with Crippen LogP contribution >= 0.6 is 40.2 Å². The van der Waals surface area contributed by atoms with E-state index in [4.69, 9.17) is 11.6 Å². The van der Waals surface area contributed by atoms with Gasteiger partial charge in [0.1, 0.15) is 17.0 Å². The number of carbonyl (C=O) groups excluding carboxylic acids is 2. The van der Waals surface area contributed by atoms with Gasteiger partial charge in [0.25, 0.3) is 5.91 Å². The van der Waals surface area contributed by atoms with Gasteiger partial charge in [-0.05, 0) is 28.1 Å². The van der Waals surface area contributed by atoms with Crippen molar-refractivity contribution >= 4 is 57.7 Å². The molecule has 22 heavy (non-hydrogen) atoms. The third kappa shape index (κ3) is 3.08. The predicted molar refractivity (Wildman–Crippen MR) is 91.0 cm³/mol. The lowest BCUT2D eigenvalue weighted by molar-refractivity contribution is -0.112. The minimum Gasteiger partial charge on any atom is -0.506 e. The van der Waals surface area contributed by atoms with Crippen LogP contribution in [0.4, 0.5) is 5.69 Å². The smallest absolute Gasteiger partial charge is 0.262 e. The fourth-order valence-electron chi connectivity index (χ4n) is 1.84. The highest BCUT2D eigenvalue weighted by Gasteiger charge is 2.29. The molecule has 8 heteroatoms. The highest BCUT2D eigenvalue weighted by Crippen LogP contribution is 2.32. The molecule has 5 nitrogen and oxygen atoms in total. The minimum atomic E-state index is -0.686. The Morgan fingerprint density at radius 1 is 1.50 bits per heavy atom. The summed E-state index contributed by atoms with van der Waals surface area (Å²) in [6.07, 6.45) is 1.45. The van der Waals surface area contributed by atoms with Crippen LogP contribution in [0.25, 0.3) is 0 Å². The number of rotatable bonds is 2. The van der Waals surface area contributed by atoms with Gasteiger partial charge >= 0.3 is 0 Å². The van der Waals surface area contributed by atoms with Crippen LogP contribution in [-0.4, -0.2) is 28.9 Å². The standard InChI is InChI=1S/C14H10BrClN2O3S/c1-18-5-7(15)13(20)11(9(18)6-19)14(21)17-8-3-2-4-10(22)12(8)16/h2-5,20,22H,1H3,(H,17,21). The lowest BCUT2D eigenvalue weighted by Crippen LogP contribution is -2.27. The largest absolute Gasteiger partial charge is 0.506 e. The zero-order valence-corrected chi connectivity index (χ0v) is 14.5. The van der Waals surface area contributed by atoms with Crippen molar-refractivity contribution in [3.63, 3.8) is 0 Å². The van der Waals surface area contributed by atoms with Gasteiger partial charge in [0, 0.05) is 18.1 Å². The average molecular weight is 402 g/mol. The second-order valence-electron chi connectivity index (χ2n) is 4.36. The van der Waals surface area contributed by atoms with Crippen LogP contribution in [0.2, 0.25) is 5.02 Å². The van der Waals surface area contributed by atoms with Crippen LogP contribution in [0.3, 0.4) is 0 Å². The molecule has 1 heterocycles. The molecule has 2 rings (SSSR count). The van der Waals surface area contributed by atoms with Crippen LogP contribution in [-0.2, 0) is 9.59 Å². The number of amides is 1. The fourth-order valence-corrected chi connectivity index (χ4v) is 2.73. The molecular weight excluding hydrogens is 392 g/mol. The lowest BCUT2D eigenvalue weighted by atomic mass is 10.1. The molecule has 0 saturated heterocycles. The van der Waals surface area contributed by atoms with Crippen molar-refractivity contribution in [2.45, 2.75) is 4.90 Å². The van der Waals surface area contributed by atoms with Gasteiger partial charge in [-0.15, -0.1) is 12.6 Å². The summed E-state index contributed by atoms with van der Waals surface area (Å²) in [5.41, 5.74) is 0.0295. The number of nitrogens with one attached hydrogen (secondary N) is 1. The monoisotopic (exact) mass is 400 g/mol. The van der Waals surface area contributed by atoms with E-state index in [2.05, 4.69) is 33.9 Å². The van der Waals surface area contributed by atoms with Crippen molar-refractivity contribution < 1.29 is 14.7 Å². The van der Waals surface area contributed by atoms with Crippen molar-refractivity contribution in [3.05, 3.63) is 50.9 Å². The van der Waals surface area contributed by atoms with E-state index in [1.165, 1.54) is 11.1 Å². The predicted octanol–water partition coefficient (Wildman–Crippen LogP) is 3.28. The van der Waals surface area contributed by atoms with Crippen molar-refractivity contribution in [2.24, 2.45) is 0 Å². The van der Waals surface area contributed by atoms with E-state index >= 15 is 0 Å². The molecule has 1 aliphatic rings. The van der Waals surface area contributed by atoms with E-state index < -0.39 is 5.91 Å². The molecule has 0 fully saturated rings. The van der Waals surface area contributed by atoms with E-state index in [9.17, 15) is 14.7 Å². The Bertz CT molecular complexity index is 769. The fraction of sp³-hybridized carbons (Fsp3) is 0.0714. The number of benzene rings is 1. The van der Waals surface area contributed by atoms with Crippen molar-refractivity contribution in [1.29, 1.82) is 0 Å². The minimum absolute atomic E-state index is 0.0867. The number of carbonyl (C=O) groups is 1. The Morgan fingerprint density at radius 2 is 2.18 bits per heavy atom. The van der Waals surface area contributed by atoms with Gasteiger partial charge in [-0.2, -0.15) is 0 Å². The van der Waals surface area contributed by atoms with Gasteiger partial charge in [0.15, 0.2) is 5.94 Å². The van der Waals surface area contributed by atoms with Gasteiger partial charge in [-0.3, -0.25) is 4.79 Å². The summed E-state index contributed by atoms with van der Waals surface area (Å²) in [5.74, 6) is 0.607. The molecule has 1 aliphatic heterocycles. The molecule has 0 aromatic heterocycles. The van der Waals surface area contributed by atoms with E-state index in [-0.39, 0.29) is 26.5 Å². The van der Waals surface area contributed by atoms with E-state index in [1.54, 1.807) is 31.2 Å². The maximum atomic E-state index is 12.4. The molecule has 0 unspecified atom stereocenters. The summed E-state index contributed by atoms with van der Waals surface area (Å²) in [5, 5.41) is 12.9. The Kier molecular flexibility index (Phi) is 5.03. The first kappa shape index (κ1) is 16.7. The number of allylic oxidation sites excluding steroid dienone is 1. The summed E-state index contributed by atoms with van der Waals surface area (Å²) in [6.45, 7) is 0. The summed E-state index contributed by atoms with van der Waals surface area (Å²) >= 11 is 13.3. The number of nitrogens with zero attached hydrogens (tertiary/aromatic N) is 1. The maximum absolute atomic E-state index is 12.4. The van der Waals surface area contributed by atoms with Gasteiger partial charge in [0.05, 0.1) is 15.2 Å². The Balaban J connectivity index is 2.43. The molecule has 114 valence electrons. The zero-order valence-electron chi connectivity index (χ0n) is 11.2. The van der Waals surface area contributed by atoms with E-state index in [0.717, 1.165) is 0 Å². The normalized spacial score (nSPS) is 14.6. The van der Waals surface area contributed by atoms with Crippen molar-refractivity contribution in [2.75, 3.05) is 12.4 Å². The third-order valence-electron chi connectivity index (χ3n) is 2.91. The molecule has 2 N–H and O–H groups in total.